The topological polar surface area (TPSA) is 54.5 Å². The van der Waals surface area contributed by atoms with Crippen molar-refractivity contribution < 1.29 is 13.2 Å². The Morgan fingerprint density at radius 1 is 0.800 bits per heavy atom. The third-order valence-electron chi connectivity index (χ3n) is 5.42. The predicted molar refractivity (Wildman–Crippen MR) is 120 cm³/mol. The van der Waals surface area contributed by atoms with Crippen molar-refractivity contribution >= 4 is 21.4 Å². The summed E-state index contributed by atoms with van der Waals surface area (Å²) in [6.45, 7) is 2.51. The summed E-state index contributed by atoms with van der Waals surface area (Å²) in [4.78, 5) is 14.3. The van der Waals surface area contributed by atoms with Gasteiger partial charge in [-0.15, -0.1) is 0 Å². The fourth-order valence-corrected chi connectivity index (χ4v) is 5.38. The summed E-state index contributed by atoms with van der Waals surface area (Å²) in [6.07, 6.45) is 1.09. The van der Waals surface area contributed by atoms with Crippen molar-refractivity contribution in [2.24, 2.45) is 0 Å². The molecule has 1 aliphatic heterocycles. The molecule has 0 N–H and O–H groups in total. The van der Waals surface area contributed by atoms with Crippen LogP contribution in [0.1, 0.15) is 34.2 Å². The fourth-order valence-electron chi connectivity index (χ4n) is 3.89. The molecule has 0 spiro atoms. The molecule has 0 saturated heterocycles. The Kier molecular flexibility index (Phi) is 5.73. The van der Waals surface area contributed by atoms with Crippen molar-refractivity contribution in [1.82, 2.24) is 0 Å². The minimum atomic E-state index is -3.28. The third-order valence-corrected chi connectivity index (χ3v) is 6.97. The molecule has 0 bridgehead atoms. The summed E-state index contributed by atoms with van der Waals surface area (Å²) in [5.74, 6) is 0.134. The Hall–Kier alpha value is -2.92. The van der Waals surface area contributed by atoms with Gasteiger partial charge in [0.1, 0.15) is 0 Å². The zero-order valence-electron chi connectivity index (χ0n) is 17.0. The second kappa shape index (κ2) is 8.44. The van der Waals surface area contributed by atoms with Gasteiger partial charge in [-0.3, -0.25) is 4.79 Å². The summed E-state index contributed by atoms with van der Waals surface area (Å²) in [6, 6.07) is 23.2. The maximum atomic E-state index is 12.7. The highest BCUT2D eigenvalue weighted by molar-refractivity contribution is 7.89. The first-order valence-corrected chi connectivity index (χ1v) is 11.9. The van der Waals surface area contributed by atoms with E-state index >= 15 is 0 Å². The van der Waals surface area contributed by atoms with Gasteiger partial charge in [0, 0.05) is 12.1 Å². The standard InChI is InChI=1S/C25H25NO3S/c1-19-7-9-21(10-8-19)17-30(28,29)18-22-11-13-24-23(15-22)12-14-25(27)26(24)16-20-5-3-2-4-6-20/h2-11,13,15H,12,14,16-18H2,1H3. The second-order valence-corrected chi connectivity index (χ2v) is 10.0. The molecule has 0 unspecified atom stereocenters. The van der Waals surface area contributed by atoms with Gasteiger partial charge in [0.2, 0.25) is 5.91 Å². The molecule has 0 saturated carbocycles. The van der Waals surface area contributed by atoms with Crippen LogP contribution in [0.2, 0.25) is 0 Å². The van der Waals surface area contributed by atoms with Crippen LogP contribution in [-0.4, -0.2) is 14.3 Å². The Labute approximate surface area is 178 Å². The molecule has 0 fully saturated rings. The van der Waals surface area contributed by atoms with Crippen LogP contribution in [0.3, 0.4) is 0 Å². The lowest BCUT2D eigenvalue weighted by Crippen LogP contribution is -2.34. The lowest BCUT2D eigenvalue weighted by Gasteiger charge is -2.30. The molecule has 4 rings (SSSR count). The molecule has 1 amide bonds. The largest absolute Gasteiger partial charge is 0.308 e. The van der Waals surface area contributed by atoms with Crippen molar-refractivity contribution in [1.29, 1.82) is 0 Å². The zero-order chi connectivity index (χ0) is 21.1. The van der Waals surface area contributed by atoms with E-state index in [9.17, 15) is 13.2 Å². The summed E-state index contributed by atoms with van der Waals surface area (Å²) in [7, 11) is -3.28. The van der Waals surface area contributed by atoms with E-state index in [2.05, 4.69) is 0 Å². The van der Waals surface area contributed by atoms with E-state index in [-0.39, 0.29) is 17.4 Å². The SMILES string of the molecule is Cc1ccc(CS(=O)(=O)Cc2ccc3c(c2)CCC(=O)N3Cc2ccccc2)cc1. The summed E-state index contributed by atoms with van der Waals surface area (Å²) in [5.41, 5.74) is 5.68. The molecule has 4 nitrogen and oxygen atoms in total. The highest BCUT2D eigenvalue weighted by Crippen LogP contribution is 2.31. The molecule has 1 heterocycles. The Morgan fingerprint density at radius 3 is 2.20 bits per heavy atom. The number of hydrogen-bond acceptors (Lipinski definition) is 3. The first-order valence-electron chi connectivity index (χ1n) is 10.1. The lowest BCUT2D eigenvalue weighted by atomic mass is 9.98. The Balaban J connectivity index is 1.53. The van der Waals surface area contributed by atoms with Gasteiger partial charge in [-0.05, 0) is 41.7 Å². The van der Waals surface area contributed by atoms with E-state index in [0.29, 0.717) is 19.4 Å². The van der Waals surface area contributed by atoms with Gasteiger partial charge in [0.05, 0.1) is 18.1 Å². The van der Waals surface area contributed by atoms with Crippen LogP contribution in [0.25, 0.3) is 0 Å². The number of amides is 1. The third kappa shape index (κ3) is 4.79. The molecule has 154 valence electrons. The minimum absolute atomic E-state index is 0.000782. The Bertz CT molecular complexity index is 1150. The van der Waals surface area contributed by atoms with Crippen molar-refractivity contribution in [2.45, 2.75) is 37.8 Å². The number of sulfone groups is 1. The minimum Gasteiger partial charge on any atom is -0.308 e. The van der Waals surface area contributed by atoms with Gasteiger partial charge < -0.3 is 4.90 Å². The van der Waals surface area contributed by atoms with Gasteiger partial charge in [-0.2, -0.15) is 0 Å². The van der Waals surface area contributed by atoms with E-state index in [1.165, 1.54) is 0 Å². The maximum absolute atomic E-state index is 12.7. The molecule has 3 aromatic carbocycles. The summed E-state index contributed by atoms with van der Waals surface area (Å²) >= 11 is 0. The molecule has 5 heteroatoms. The van der Waals surface area contributed by atoms with Gasteiger partial charge in [-0.25, -0.2) is 8.42 Å². The van der Waals surface area contributed by atoms with Crippen LogP contribution in [0.5, 0.6) is 0 Å². The van der Waals surface area contributed by atoms with Crippen molar-refractivity contribution in [3.05, 3.63) is 101 Å². The molecule has 0 aromatic heterocycles. The van der Waals surface area contributed by atoms with Crippen molar-refractivity contribution in [3.8, 4) is 0 Å². The first kappa shape index (κ1) is 20.4. The number of anilines is 1. The lowest BCUT2D eigenvalue weighted by molar-refractivity contribution is -0.119. The average Bonchev–Trinajstić information content (AvgIpc) is 2.72. The molecule has 0 radical (unpaired) electrons. The molecule has 30 heavy (non-hydrogen) atoms. The van der Waals surface area contributed by atoms with E-state index in [1.54, 1.807) is 4.90 Å². The monoisotopic (exact) mass is 419 g/mol. The maximum Gasteiger partial charge on any atom is 0.227 e. The van der Waals surface area contributed by atoms with E-state index in [0.717, 1.165) is 33.5 Å². The van der Waals surface area contributed by atoms with Crippen molar-refractivity contribution in [3.63, 3.8) is 0 Å². The van der Waals surface area contributed by atoms with E-state index < -0.39 is 9.84 Å². The highest BCUT2D eigenvalue weighted by Gasteiger charge is 2.25. The number of carbonyl (C=O) groups is 1. The normalized spacial score (nSPS) is 13.9. The molecular weight excluding hydrogens is 394 g/mol. The van der Waals surface area contributed by atoms with Crippen LogP contribution in [0.4, 0.5) is 5.69 Å². The Morgan fingerprint density at radius 2 is 1.47 bits per heavy atom. The molecule has 0 atom stereocenters. The smallest absolute Gasteiger partial charge is 0.227 e. The molecule has 0 aliphatic carbocycles. The van der Waals surface area contributed by atoms with Gasteiger partial charge in [0.15, 0.2) is 9.84 Å². The van der Waals surface area contributed by atoms with Gasteiger partial charge in [0.25, 0.3) is 0 Å². The molecular formula is C25H25NO3S. The molecule has 1 aliphatic rings. The van der Waals surface area contributed by atoms with Gasteiger partial charge >= 0.3 is 0 Å². The van der Waals surface area contributed by atoms with Crippen LogP contribution < -0.4 is 4.90 Å². The van der Waals surface area contributed by atoms with Crippen LogP contribution in [0, 0.1) is 6.92 Å². The number of aryl methyl sites for hydroxylation is 2. The number of carbonyl (C=O) groups excluding carboxylic acids is 1. The number of nitrogens with zero attached hydrogens (tertiary/aromatic N) is 1. The average molecular weight is 420 g/mol. The summed E-state index contributed by atoms with van der Waals surface area (Å²) in [5, 5.41) is 0. The van der Waals surface area contributed by atoms with Crippen LogP contribution in [0.15, 0.2) is 72.8 Å². The molecule has 3 aromatic rings. The van der Waals surface area contributed by atoms with Crippen LogP contribution in [-0.2, 0) is 39.1 Å². The number of hydrogen-bond donors (Lipinski definition) is 0. The van der Waals surface area contributed by atoms with Crippen molar-refractivity contribution in [2.75, 3.05) is 4.90 Å². The second-order valence-electron chi connectivity index (χ2n) is 7.95. The predicted octanol–water partition coefficient (Wildman–Crippen LogP) is 4.59. The van der Waals surface area contributed by atoms with Gasteiger partial charge in [-0.1, -0.05) is 72.3 Å². The summed E-state index contributed by atoms with van der Waals surface area (Å²) < 4.78 is 25.4. The number of rotatable bonds is 6. The zero-order valence-corrected chi connectivity index (χ0v) is 17.9. The number of fused-ring (bicyclic) bond motifs is 1. The van der Waals surface area contributed by atoms with E-state index in [1.807, 2.05) is 79.7 Å². The first-order chi connectivity index (χ1) is 14.4. The highest BCUT2D eigenvalue weighted by atomic mass is 32.2. The fraction of sp³-hybridized carbons (Fsp3) is 0.240. The number of benzene rings is 3. The van der Waals surface area contributed by atoms with Crippen LogP contribution >= 0.6 is 0 Å². The van der Waals surface area contributed by atoms with E-state index in [4.69, 9.17) is 0 Å². The quantitative estimate of drug-likeness (QED) is 0.587.